The van der Waals surface area contributed by atoms with E-state index in [-0.39, 0.29) is 5.82 Å². The molecule has 78 valence electrons. The zero-order valence-corrected chi connectivity index (χ0v) is 8.84. The topological polar surface area (TPSA) is 52.0 Å². The van der Waals surface area contributed by atoms with Crippen molar-refractivity contribution in [1.29, 1.82) is 0 Å². The van der Waals surface area contributed by atoms with Crippen LogP contribution in [-0.4, -0.2) is 11.4 Å². The summed E-state index contributed by atoms with van der Waals surface area (Å²) in [6, 6.07) is 6.10. The average Bonchev–Trinajstić information content (AvgIpc) is 2.65. The summed E-state index contributed by atoms with van der Waals surface area (Å²) in [7, 11) is 0. The molecule has 2 rings (SSSR count). The second kappa shape index (κ2) is 3.94. The van der Waals surface area contributed by atoms with Crippen LogP contribution in [0.25, 0.3) is 11.3 Å². The minimum absolute atomic E-state index is 0.293. The molecule has 0 aliphatic rings. The van der Waals surface area contributed by atoms with Crippen molar-refractivity contribution in [2.75, 3.05) is 12.0 Å². The molecule has 0 spiro atoms. The van der Waals surface area contributed by atoms with Crippen LogP contribution < -0.4 is 5.73 Å². The van der Waals surface area contributed by atoms with Crippen LogP contribution in [0, 0.1) is 5.82 Å². The predicted octanol–water partition coefficient (Wildman–Crippen LogP) is 2.78. The predicted molar refractivity (Wildman–Crippen MR) is 58.1 cm³/mol. The highest BCUT2D eigenvalue weighted by molar-refractivity contribution is 7.98. The number of nitrogens with zero attached hydrogens (tertiary/aromatic N) is 1. The number of nitrogen functional groups attached to an aromatic ring is 1. The van der Waals surface area contributed by atoms with Gasteiger partial charge >= 0.3 is 0 Å². The van der Waals surface area contributed by atoms with E-state index in [9.17, 15) is 4.39 Å². The highest BCUT2D eigenvalue weighted by Crippen LogP contribution is 2.31. The number of halogens is 1. The Morgan fingerprint density at radius 1 is 1.40 bits per heavy atom. The van der Waals surface area contributed by atoms with Crippen molar-refractivity contribution in [1.82, 2.24) is 5.16 Å². The first-order valence-electron chi connectivity index (χ1n) is 4.27. The van der Waals surface area contributed by atoms with Gasteiger partial charge in [-0.3, -0.25) is 0 Å². The maximum Gasteiger partial charge on any atom is 0.170 e. The molecule has 2 N–H and O–H groups in total. The lowest BCUT2D eigenvalue weighted by molar-refractivity contribution is 0.434. The molecular formula is C10H9FN2OS. The maximum absolute atomic E-state index is 13.1. The molecule has 0 fully saturated rings. The summed E-state index contributed by atoms with van der Waals surface area (Å²) in [6.45, 7) is 0. The van der Waals surface area contributed by atoms with Crippen molar-refractivity contribution in [3.8, 4) is 11.3 Å². The number of rotatable bonds is 2. The SMILES string of the molecule is CSc1ccc(F)cc1-c1cc(N)no1. The van der Waals surface area contributed by atoms with Gasteiger partial charge < -0.3 is 10.3 Å². The number of thioether (sulfide) groups is 1. The Morgan fingerprint density at radius 2 is 2.20 bits per heavy atom. The summed E-state index contributed by atoms with van der Waals surface area (Å²) in [6.07, 6.45) is 1.91. The number of aromatic nitrogens is 1. The van der Waals surface area contributed by atoms with Crippen LogP contribution in [0.15, 0.2) is 33.7 Å². The van der Waals surface area contributed by atoms with E-state index in [1.807, 2.05) is 6.26 Å². The van der Waals surface area contributed by atoms with Crippen molar-refractivity contribution in [3.05, 3.63) is 30.1 Å². The second-order valence-corrected chi connectivity index (χ2v) is 3.81. The van der Waals surface area contributed by atoms with E-state index in [1.165, 1.54) is 23.9 Å². The minimum atomic E-state index is -0.308. The van der Waals surface area contributed by atoms with Gasteiger partial charge in [0, 0.05) is 16.5 Å². The van der Waals surface area contributed by atoms with E-state index in [4.69, 9.17) is 10.3 Å². The summed E-state index contributed by atoms with van der Waals surface area (Å²) in [4.78, 5) is 0.924. The lowest BCUT2D eigenvalue weighted by Crippen LogP contribution is -1.83. The monoisotopic (exact) mass is 224 g/mol. The highest BCUT2D eigenvalue weighted by atomic mass is 32.2. The summed E-state index contributed by atoms with van der Waals surface area (Å²) >= 11 is 1.51. The van der Waals surface area contributed by atoms with Crippen LogP contribution in [0.4, 0.5) is 10.2 Å². The lowest BCUT2D eigenvalue weighted by Gasteiger charge is -2.02. The number of hydrogen-bond donors (Lipinski definition) is 1. The van der Waals surface area contributed by atoms with Gasteiger partial charge in [0.1, 0.15) is 5.82 Å². The van der Waals surface area contributed by atoms with E-state index < -0.39 is 0 Å². The van der Waals surface area contributed by atoms with Crippen LogP contribution in [0.2, 0.25) is 0 Å². The van der Waals surface area contributed by atoms with Crippen molar-refractivity contribution in [3.63, 3.8) is 0 Å². The molecule has 1 heterocycles. The molecule has 0 radical (unpaired) electrons. The van der Waals surface area contributed by atoms with Gasteiger partial charge in [-0.15, -0.1) is 11.8 Å². The van der Waals surface area contributed by atoms with Gasteiger partial charge in [-0.25, -0.2) is 4.39 Å². The van der Waals surface area contributed by atoms with Gasteiger partial charge in [0.2, 0.25) is 0 Å². The first-order valence-corrected chi connectivity index (χ1v) is 5.49. The molecule has 0 saturated carbocycles. The molecule has 0 bridgehead atoms. The molecule has 0 unspecified atom stereocenters. The van der Waals surface area contributed by atoms with Gasteiger partial charge in [-0.05, 0) is 24.5 Å². The summed E-state index contributed by atoms with van der Waals surface area (Å²) in [5.41, 5.74) is 6.11. The van der Waals surface area contributed by atoms with E-state index >= 15 is 0 Å². The molecule has 15 heavy (non-hydrogen) atoms. The number of anilines is 1. The molecule has 1 aromatic carbocycles. The van der Waals surface area contributed by atoms with E-state index in [0.717, 1.165) is 4.90 Å². The largest absolute Gasteiger partial charge is 0.381 e. The van der Waals surface area contributed by atoms with Crippen molar-refractivity contribution >= 4 is 17.6 Å². The van der Waals surface area contributed by atoms with E-state index in [2.05, 4.69) is 5.16 Å². The maximum atomic E-state index is 13.1. The molecule has 3 nitrogen and oxygen atoms in total. The Bertz CT molecular complexity index is 484. The fourth-order valence-electron chi connectivity index (χ4n) is 1.29. The third-order valence-electron chi connectivity index (χ3n) is 1.96. The Hall–Kier alpha value is -1.49. The minimum Gasteiger partial charge on any atom is -0.381 e. The van der Waals surface area contributed by atoms with Crippen LogP contribution >= 0.6 is 11.8 Å². The zero-order chi connectivity index (χ0) is 10.8. The standard InChI is InChI=1S/C10H9FN2OS/c1-15-9-3-2-6(11)4-7(9)8-5-10(12)13-14-8/h2-5H,1H3,(H2,12,13). The Labute approximate surface area is 90.4 Å². The van der Waals surface area contributed by atoms with Crippen LogP contribution in [0.5, 0.6) is 0 Å². The third-order valence-corrected chi connectivity index (χ3v) is 2.75. The second-order valence-electron chi connectivity index (χ2n) is 2.96. The first kappa shape index (κ1) is 10.0. The van der Waals surface area contributed by atoms with Crippen molar-refractivity contribution < 1.29 is 8.91 Å². The molecule has 5 heteroatoms. The quantitative estimate of drug-likeness (QED) is 0.797. The first-order chi connectivity index (χ1) is 7.20. The smallest absolute Gasteiger partial charge is 0.170 e. The van der Waals surface area contributed by atoms with E-state index in [1.54, 1.807) is 12.1 Å². The van der Waals surface area contributed by atoms with E-state index in [0.29, 0.717) is 17.1 Å². The molecule has 0 atom stereocenters. The Balaban J connectivity index is 2.55. The molecule has 1 aromatic heterocycles. The van der Waals surface area contributed by atoms with Crippen molar-refractivity contribution in [2.45, 2.75) is 4.90 Å². The van der Waals surface area contributed by atoms with Gasteiger partial charge in [-0.1, -0.05) is 5.16 Å². The van der Waals surface area contributed by atoms with Gasteiger partial charge in [0.05, 0.1) is 0 Å². The summed E-state index contributed by atoms with van der Waals surface area (Å²) in [5, 5.41) is 3.57. The lowest BCUT2D eigenvalue weighted by atomic mass is 10.1. The van der Waals surface area contributed by atoms with Gasteiger partial charge in [0.15, 0.2) is 11.6 Å². The molecule has 0 saturated heterocycles. The Morgan fingerprint density at radius 3 is 2.80 bits per heavy atom. The van der Waals surface area contributed by atoms with Crippen LogP contribution in [-0.2, 0) is 0 Å². The van der Waals surface area contributed by atoms with Gasteiger partial charge in [-0.2, -0.15) is 0 Å². The molecule has 0 amide bonds. The fraction of sp³-hybridized carbons (Fsp3) is 0.100. The fourth-order valence-corrected chi connectivity index (χ4v) is 1.87. The average molecular weight is 224 g/mol. The summed E-state index contributed by atoms with van der Waals surface area (Å²) < 4.78 is 18.1. The number of hydrogen-bond acceptors (Lipinski definition) is 4. The zero-order valence-electron chi connectivity index (χ0n) is 8.03. The molecule has 0 aliphatic heterocycles. The van der Waals surface area contributed by atoms with Crippen LogP contribution in [0.3, 0.4) is 0 Å². The normalized spacial score (nSPS) is 10.5. The van der Waals surface area contributed by atoms with Crippen molar-refractivity contribution in [2.24, 2.45) is 0 Å². The number of benzene rings is 1. The highest BCUT2D eigenvalue weighted by Gasteiger charge is 2.10. The third kappa shape index (κ3) is 1.97. The molecular weight excluding hydrogens is 215 g/mol. The Kier molecular flexibility index (Phi) is 2.64. The van der Waals surface area contributed by atoms with Crippen LogP contribution in [0.1, 0.15) is 0 Å². The molecule has 2 aromatic rings. The summed E-state index contributed by atoms with van der Waals surface area (Å²) in [5.74, 6) is 0.468. The number of nitrogens with two attached hydrogens (primary N) is 1. The molecule has 0 aliphatic carbocycles. The van der Waals surface area contributed by atoms with Gasteiger partial charge in [0.25, 0.3) is 0 Å².